The van der Waals surface area contributed by atoms with Crippen molar-refractivity contribution in [1.82, 2.24) is 4.90 Å². The second-order valence-electron chi connectivity index (χ2n) is 4.99. The molecule has 1 aliphatic rings. The number of nitrogens with zero attached hydrogens (tertiary/aromatic N) is 2. The first-order chi connectivity index (χ1) is 9.72. The van der Waals surface area contributed by atoms with E-state index >= 15 is 0 Å². The molecule has 1 aromatic rings. The van der Waals surface area contributed by atoms with Gasteiger partial charge in [0.05, 0.1) is 31.0 Å². The Bertz CT molecular complexity index is 479. The maximum absolute atomic E-state index is 8.82. The zero-order valence-corrected chi connectivity index (χ0v) is 12.1. The fraction of sp³-hybridized carbons (Fsp3) is 0.533. The summed E-state index contributed by atoms with van der Waals surface area (Å²) in [4.78, 5) is 2.34. The minimum atomic E-state index is 0.0844. The Morgan fingerprint density at radius 2 is 2.15 bits per heavy atom. The number of rotatable bonds is 5. The van der Waals surface area contributed by atoms with Crippen LogP contribution >= 0.6 is 11.6 Å². The number of nitriles is 1. The van der Waals surface area contributed by atoms with Crippen molar-refractivity contribution < 1.29 is 9.84 Å². The van der Waals surface area contributed by atoms with Crippen molar-refractivity contribution in [2.45, 2.75) is 25.5 Å². The molecular formula is C15H19ClN2O2. The van der Waals surface area contributed by atoms with Crippen LogP contribution in [0.2, 0.25) is 5.02 Å². The topological polar surface area (TPSA) is 56.5 Å². The summed E-state index contributed by atoms with van der Waals surface area (Å²) in [7, 11) is 0. The molecule has 1 aliphatic heterocycles. The van der Waals surface area contributed by atoms with Crippen molar-refractivity contribution in [1.29, 1.82) is 5.26 Å². The van der Waals surface area contributed by atoms with E-state index in [0.29, 0.717) is 17.2 Å². The quantitative estimate of drug-likeness (QED) is 0.904. The monoisotopic (exact) mass is 294 g/mol. The molecule has 1 N–H and O–H groups in total. The van der Waals surface area contributed by atoms with E-state index in [4.69, 9.17) is 26.7 Å². The molecule has 0 amide bonds. The Morgan fingerprint density at radius 1 is 1.40 bits per heavy atom. The van der Waals surface area contributed by atoms with Gasteiger partial charge in [0.1, 0.15) is 0 Å². The van der Waals surface area contributed by atoms with Gasteiger partial charge in [-0.05, 0) is 30.5 Å². The van der Waals surface area contributed by atoms with Gasteiger partial charge in [-0.2, -0.15) is 5.26 Å². The van der Waals surface area contributed by atoms with E-state index in [1.807, 2.05) is 6.07 Å². The van der Waals surface area contributed by atoms with Gasteiger partial charge in [0, 0.05) is 24.7 Å². The van der Waals surface area contributed by atoms with E-state index < -0.39 is 0 Å². The van der Waals surface area contributed by atoms with Crippen LogP contribution in [0.25, 0.3) is 0 Å². The molecule has 0 radical (unpaired) electrons. The largest absolute Gasteiger partial charge is 0.394 e. The predicted octanol–water partition coefficient (Wildman–Crippen LogP) is 2.18. The second kappa shape index (κ2) is 7.61. The van der Waals surface area contributed by atoms with Gasteiger partial charge in [-0.1, -0.05) is 17.7 Å². The third-order valence-corrected chi connectivity index (χ3v) is 3.91. The lowest BCUT2D eigenvalue weighted by molar-refractivity contribution is -0.00900. The fourth-order valence-electron chi connectivity index (χ4n) is 2.44. The Morgan fingerprint density at radius 3 is 2.75 bits per heavy atom. The standard InChI is InChI=1S/C15H19ClN2O2/c16-15-9-12(10-17)1-2-13(15)11-18-5-3-14(4-6-18)20-8-7-19/h1-2,9,14,19H,3-8,11H2. The van der Waals surface area contributed by atoms with Crippen molar-refractivity contribution in [3.63, 3.8) is 0 Å². The summed E-state index contributed by atoms with van der Waals surface area (Å²) in [5.74, 6) is 0. The van der Waals surface area contributed by atoms with Gasteiger partial charge in [0.2, 0.25) is 0 Å². The molecule has 1 heterocycles. The molecule has 108 valence electrons. The minimum Gasteiger partial charge on any atom is -0.394 e. The number of piperidine rings is 1. The molecule has 20 heavy (non-hydrogen) atoms. The van der Waals surface area contributed by atoms with Crippen LogP contribution < -0.4 is 0 Å². The smallest absolute Gasteiger partial charge is 0.0992 e. The summed E-state index contributed by atoms with van der Waals surface area (Å²) in [6.45, 7) is 3.24. The molecule has 1 aromatic carbocycles. The third kappa shape index (κ3) is 4.19. The van der Waals surface area contributed by atoms with Gasteiger partial charge in [-0.15, -0.1) is 0 Å². The van der Waals surface area contributed by atoms with Crippen molar-refractivity contribution in [2.75, 3.05) is 26.3 Å². The van der Waals surface area contributed by atoms with E-state index in [-0.39, 0.29) is 12.7 Å². The molecular weight excluding hydrogens is 276 g/mol. The number of likely N-dealkylation sites (tertiary alicyclic amines) is 1. The molecule has 0 aromatic heterocycles. The first-order valence-electron chi connectivity index (χ1n) is 6.86. The van der Waals surface area contributed by atoms with Gasteiger partial charge in [-0.3, -0.25) is 4.90 Å². The number of ether oxygens (including phenoxy) is 1. The Kier molecular flexibility index (Phi) is 5.81. The van der Waals surface area contributed by atoms with Crippen molar-refractivity contribution in [2.24, 2.45) is 0 Å². The highest BCUT2D eigenvalue weighted by atomic mass is 35.5. The Balaban J connectivity index is 1.85. The summed E-state index contributed by atoms with van der Waals surface area (Å²) in [5, 5.41) is 18.2. The summed E-state index contributed by atoms with van der Waals surface area (Å²) in [5.41, 5.74) is 1.65. The van der Waals surface area contributed by atoms with Crippen molar-refractivity contribution in [3.8, 4) is 6.07 Å². The van der Waals surface area contributed by atoms with Crippen LogP contribution in [0.4, 0.5) is 0 Å². The molecule has 1 fully saturated rings. The summed E-state index contributed by atoms with van der Waals surface area (Å²) >= 11 is 6.19. The van der Waals surface area contributed by atoms with Crippen molar-refractivity contribution in [3.05, 3.63) is 34.3 Å². The van der Waals surface area contributed by atoms with E-state index in [1.165, 1.54) is 0 Å². The van der Waals surface area contributed by atoms with E-state index in [9.17, 15) is 0 Å². The maximum Gasteiger partial charge on any atom is 0.0992 e. The van der Waals surface area contributed by atoms with Crippen LogP contribution in [0.5, 0.6) is 0 Å². The molecule has 5 heteroatoms. The number of hydrogen-bond donors (Lipinski definition) is 1. The molecule has 0 aliphatic carbocycles. The zero-order chi connectivity index (χ0) is 14.4. The Labute approximate surface area is 124 Å². The number of hydrogen-bond acceptors (Lipinski definition) is 4. The summed E-state index contributed by atoms with van der Waals surface area (Å²) < 4.78 is 5.55. The van der Waals surface area contributed by atoms with Gasteiger partial charge in [0.25, 0.3) is 0 Å². The fourth-order valence-corrected chi connectivity index (χ4v) is 2.68. The highest BCUT2D eigenvalue weighted by Crippen LogP contribution is 2.22. The van der Waals surface area contributed by atoms with Crippen LogP contribution in [0.1, 0.15) is 24.0 Å². The molecule has 0 spiro atoms. The number of benzene rings is 1. The van der Waals surface area contributed by atoms with E-state index in [0.717, 1.165) is 38.0 Å². The normalized spacial score (nSPS) is 17.1. The lowest BCUT2D eigenvalue weighted by Crippen LogP contribution is -2.36. The van der Waals surface area contributed by atoms with Crippen LogP contribution in [0.15, 0.2) is 18.2 Å². The average Bonchev–Trinajstić information content (AvgIpc) is 2.48. The summed E-state index contributed by atoms with van der Waals surface area (Å²) in [6.07, 6.45) is 2.22. The molecule has 4 nitrogen and oxygen atoms in total. The SMILES string of the molecule is N#Cc1ccc(CN2CCC(OCCO)CC2)c(Cl)c1. The molecule has 2 rings (SSSR count). The first kappa shape index (κ1) is 15.3. The molecule has 0 saturated carbocycles. The number of halogens is 1. The third-order valence-electron chi connectivity index (χ3n) is 3.56. The average molecular weight is 295 g/mol. The minimum absolute atomic E-state index is 0.0844. The lowest BCUT2D eigenvalue weighted by atomic mass is 10.1. The summed E-state index contributed by atoms with van der Waals surface area (Å²) in [6, 6.07) is 7.53. The highest BCUT2D eigenvalue weighted by Gasteiger charge is 2.20. The number of aliphatic hydroxyl groups excluding tert-OH is 1. The molecule has 0 unspecified atom stereocenters. The molecule has 0 atom stereocenters. The first-order valence-corrected chi connectivity index (χ1v) is 7.24. The van der Waals surface area contributed by atoms with Gasteiger partial charge in [0.15, 0.2) is 0 Å². The zero-order valence-electron chi connectivity index (χ0n) is 11.4. The maximum atomic E-state index is 8.82. The molecule has 1 saturated heterocycles. The highest BCUT2D eigenvalue weighted by molar-refractivity contribution is 6.31. The van der Waals surface area contributed by atoms with Gasteiger partial charge in [-0.25, -0.2) is 0 Å². The molecule has 0 bridgehead atoms. The number of aliphatic hydroxyl groups is 1. The van der Waals surface area contributed by atoms with E-state index in [1.54, 1.807) is 12.1 Å². The van der Waals surface area contributed by atoms with E-state index in [2.05, 4.69) is 11.0 Å². The van der Waals surface area contributed by atoms with Crippen LogP contribution in [0, 0.1) is 11.3 Å². The van der Waals surface area contributed by atoms with Crippen LogP contribution in [0.3, 0.4) is 0 Å². The van der Waals surface area contributed by atoms with Crippen LogP contribution in [-0.2, 0) is 11.3 Å². The Hall–Kier alpha value is -1.12. The predicted molar refractivity (Wildman–Crippen MR) is 77.5 cm³/mol. The second-order valence-corrected chi connectivity index (χ2v) is 5.40. The van der Waals surface area contributed by atoms with Gasteiger partial charge < -0.3 is 9.84 Å². The van der Waals surface area contributed by atoms with Crippen molar-refractivity contribution >= 4 is 11.6 Å². The lowest BCUT2D eigenvalue weighted by Gasteiger charge is -2.32. The van der Waals surface area contributed by atoms with Gasteiger partial charge >= 0.3 is 0 Å². The van der Waals surface area contributed by atoms with Crippen LogP contribution in [-0.4, -0.2) is 42.4 Å².